The smallest absolute Gasteiger partial charge is 0.328 e. The Kier molecular flexibility index (Phi) is 4.71. The summed E-state index contributed by atoms with van der Waals surface area (Å²) < 4.78 is 5.09. The van der Waals surface area contributed by atoms with Gasteiger partial charge in [-0.05, 0) is 43.5 Å². The molecule has 0 radical (unpaired) electrons. The molecule has 1 aromatic carbocycles. The van der Waals surface area contributed by atoms with E-state index in [1.807, 2.05) is 43.8 Å². The van der Waals surface area contributed by atoms with Crippen molar-refractivity contribution in [3.05, 3.63) is 51.2 Å². The number of fused-ring (bicyclic) bond motifs is 1. The van der Waals surface area contributed by atoms with E-state index in [9.17, 15) is 9.59 Å². The zero-order valence-electron chi connectivity index (χ0n) is 16.0. The fraction of sp³-hybridized carbons (Fsp3) is 0.421. The lowest BCUT2D eigenvalue weighted by molar-refractivity contribution is -0.121. The van der Waals surface area contributed by atoms with Gasteiger partial charge in [-0.25, -0.2) is 4.79 Å². The van der Waals surface area contributed by atoms with Crippen molar-refractivity contribution in [3.63, 3.8) is 0 Å². The number of aromatic nitrogens is 4. The summed E-state index contributed by atoms with van der Waals surface area (Å²) in [5.74, 6) is 0.00898. The number of amides is 1. The molecular formula is C19H25N5O2. The Bertz CT molecular complexity index is 1040. The molecule has 2 aromatic heterocycles. The van der Waals surface area contributed by atoms with E-state index >= 15 is 0 Å². The first-order chi connectivity index (χ1) is 12.3. The van der Waals surface area contributed by atoms with Crippen molar-refractivity contribution >= 4 is 16.9 Å². The van der Waals surface area contributed by atoms with Crippen LogP contribution in [-0.2, 0) is 38.9 Å². The van der Waals surface area contributed by atoms with Crippen molar-refractivity contribution in [3.8, 4) is 0 Å². The molecule has 0 spiro atoms. The molecule has 1 N–H and O–H groups in total. The van der Waals surface area contributed by atoms with Gasteiger partial charge in [-0.3, -0.25) is 18.6 Å². The lowest BCUT2D eigenvalue weighted by Crippen LogP contribution is -2.23. The topological polar surface area (TPSA) is 73.8 Å². The lowest BCUT2D eigenvalue weighted by atomic mass is 10.1. The van der Waals surface area contributed by atoms with E-state index in [4.69, 9.17) is 0 Å². The molecule has 2 heterocycles. The summed E-state index contributed by atoms with van der Waals surface area (Å²) >= 11 is 0. The Morgan fingerprint density at radius 2 is 1.81 bits per heavy atom. The van der Waals surface area contributed by atoms with Crippen LogP contribution in [-0.4, -0.2) is 24.8 Å². The maximum Gasteiger partial charge on any atom is 0.328 e. The van der Waals surface area contributed by atoms with E-state index in [2.05, 4.69) is 10.4 Å². The van der Waals surface area contributed by atoms with Crippen molar-refractivity contribution < 1.29 is 4.79 Å². The quantitative estimate of drug-likeness (QED) is 0.753. The van der Waals surface area contributed by atoms with E-state index in [1.165, 1.54) is 0 Å². The second-order valence-electron chi connectivity index (χ2n) is 6.77. The summed E-state index contributed by atoms with van der Waals surface area (Å²) in [4.78, 5) is 24.2. The lowest BCUT2D eigenvalue weighted by Gasteiger charge is -2.07. The van der Waals surface area contributed by atoms with E-state index in [0.29, 0.717) is 19.4 Å². The van der Waals surface area contributed by atoms with Crippen molar-refractivity contribution in [1.29, 1.82) is 0 Å². The highest BCUT2D eigenvalue weighted by molar-refractivity contribution is 5.78. The van der Waals surface area contributed by atoms with E-state index < -0.39 is 0 Å². The Hall–Kier alpha value is -2.83. The first kappa shape index (κ1) is 18.0. The molecule has 0 bridgehead atoms. The van der Waals surface area contributed by atoms with Crippen LogP contribution in [0.1, 0.15) is 28.9 Å². The number of rotatable bonds is 5. The number of carbonyl (C=O) groups excluding carboxylic acids is 1. The standard InChI is InChI=1S/C19H25N5O2/c1-12-15(13(2)24(5)21-12)7-9-18(25)20-11-14-6-8-16-17(10-14)23(4)19(26)22(16)3/h6,8,10H,7,9,11H2,1-5H3,(H,20,25). The van der Waals surface area contributed by atoms with Crippen molar-refractivity contribution in [1.82, 2.24) is 24.2 Å². The van der Waals surface area contributed by atoms with Gasteiger partial charge in [0.2, 0.25) is 5.91 Å². The molecule has 0 atom stereocenters. The van der Waals surface area contributed by atoms with Crippen molar-refractivity contribution in [2.24, 2.45) is 21.1 Å². The van der Waals surface area contributed by atoms with E-state index in [0.717, 1.165) is 33.5 Å². The Labute approximate surface area is 152 Å². The third kappa shape index (κ3) is 3.16. The summed E-state index contributed by atoms with van der Waals surface area (Å²) in [6.07, 6.45) is 1.11. The van der Waals surface area contributed by atoms with Crippen LogP contribution in [0.4, 0.5) is 0 Å². The van der Waals surface area contributed by atoms with Gasteiger partial charge in [-0.1, -0.05) is 6.07 Å². The Morgan fingerprint density at radius 1 is 1.12 bits per heavy atom. The minimum Gasteiger partial charge on any atom is -0.352 e. The molecule has 7 nitrogen and oxygen atoms in total. The highest BCUT2D eigenvalue weighted by atomic mass is 16.2. The maximum atomic E-state index is 12.2. The molecule has 138 valence electrons. The molecule has 1 amide bonds. The highest BCUT2D eigenvalue weighted by Crippen LogP contribution is 2.15. The molecule has 0 saturated carbocycles. The monoisotopic (exact) mass is 355 g/mol. The van der Waals surface area contributed by atoms with E-state index in [-0.39, 0.29) is 11.6 Å². The predicted octanol–water partition coefficient (Wildman–Crippen LogP) is 1.48. The summed E-state index contributed by atoms with van der Waals surface area (Å²) in [6.45, 7) is 4.44. The van der Waals surface area contributed by atoms with Crippen LogP contribution in [0, 0.1) is 13.8 Å². The van der Waals surface area contributed by atoms with Gasteiger partial charge < -0.3 is 5.32 Å². The second-order valence-corrected chi connectivity index (χ2v) is 6.77. The van der Waals surface area contributed by atoms with Crippen molar-refractivity contribution in [2.75, 3.05) is 0 Å². The summed E-state index contributed by atoms with van der Waals surface area (Å²) in [5.41, 5.74) is 5.90. The SMILES string of the molecule is Cc1nn(C)c(C)c1CCC(=O)NCc1ccc2c(c1)n(C)c(=O)n2C. The Balaban J connectivity index is 1.63. The number of imidazole rings is 1. The van der Waals surface area contributed by atoms with Crippen LogP contribution in [0.25, 0.3) is 11.0 Å². The zero-order chi connectivity index (χ0) is 19.0. The number of carbonyl (C=O) groups is 1. The third-order valence-electron chi connectivity index (χ3n) is 5.09. The van der Waals surface area contributed by atoms with Crippen LogP contribution in [0.2, 0.25) is 0 Å². The fourth-order valence-electron chi connectivity index (χ4n) is 3.37. The molecule has 0 fully saturated rings. The summed E-state index contributed by atoms with van der Waals surface area (Å²) in [5, 5.41) is 7.34. The van der Waals surface area contributed by atoms with Gasteiger partial charge in [0.25, 0.3) is 0 Å². The van der Waals surface area contributed by atoms with Crippen LogP contribution >= 0.6 is 0 Å². The van der Waals surface area contributed by atoms with Gasteiger partial charge in [0.1, 0.15) is 0 Å². The van der Waals surface area contributed by atoms with Crippen LogP contribution in [0.5, 0.6) is 0 Å². The zero-order valence-corrected chi connectivity index (χ0v) is 16.0. The highest BCUT2D eigenvalue weighted by Gasteiger charge is 2.12. The first-order valence-corrected chi connectivity index (χ1v) is 8.69. The van der Waals surface area contributed by atoms with Gasteiger partial charge in [0, 0.05) is 39.8 Å². The molecule has 0 unspecified atom stereocenters. The molecule has 26 heavy (non-hydrogen) atoms. The molecule has 0 aliphatic carbocycles. The number of aryl methyl sites for hydroxylation is 4. The molecule has 3 aromatic rings. The number of hydrogen-bond donors (Lipinski definition) is 1. The number of benzene rings is 1. The fourth-order valence-corrected chi connectivity index (χ4v) is 3.37. The van der Waals surface area contributed by atoms with Gasteiger partial charge in [0.15, 0.2) is 0 Å². The molecule has 0 aliphatic heterocycles. The van der Waals surface area contributed by atoms with Crippen LogP contribution in [0.3, 0.4) is 0 Å². The molecular weight excluding hydrogens is 330 g/mol. The molecule has 3 rings (SSSR count). The van der Waals surface area contributed by atoms with Gasteiger partial charge in [0.05, 0.1) is 16.7 Å². The average molecular weight is 355 g/mol. The first-order valence-electron chi connectivity index (χ1n) is 8.69. The Morgan fingerprint density at radius 3 is 2.46 bits per heavy atom. The number of hydrogen-bond acceptors (Lipinski definition) is 3. The maximum absolute atomic E-state index is 12.2. The molecule has 7 heteroatoms. The molecule has 0 saturated heterocycles. The number of nitrogens with one attached hydrogen (secondary N) is 1. The van der Waals surface area contributed by atoms with Gasteiger partial charge in [-0.2, -0.15) is 5.10 Å². The molecule has 0 aliphatic rings. The van der Waals surface area contributed by atoms with Crippen LogP contribution < -0.4 is 11.0 Å². The summed E-state index contributed by atoms with van der Waals surface area (Å²) in [6, 6.07) is 5.81. The number of nitrogens with zero attached hydrogens (tertiary/aromatic N) is 4. The normalized spacial score (nSPS) is 11.3. The minimum atomic E-state index is -0.0524. The van der Waals surface area contributed by atoms with E-state index in [1.54, 1.807) is 23.2 Å². The van der Waals surface area contributed by atoms with Crippen molar-refractivity contribution in [2.45, 2.75) is 33.2 Å². The van der Waals surface area contributed by atoms with Crippen LogP contribution in [0.15, 0.2) is 23.0 Å². The summed E-state index contributed by atoms with van der Waals surface area (Å²) in [7, 11) is 5.43. The minimum absolute atomic E-state index is 0.00898. The average Bonchev–Trinajstić information content (AvgIpc) is 2.99. The van der Waals surface area contributed by atoms with Gasteiger partial charge >= 0.3 is 5.69 Å². The van der Waals surface area contributed by atoms with Gasteiger partial charge in [-0.15, -0.1) is 0 Å². The predicted molar refractivity (Wildman–Crippen MR) is 101 cm³/mol. The largest absolute Gasteiger partial charge is 0.352 e. The third-order valence-corrected chi connectivity index (χ3v) is 5.09. The second kappa shape index (κ2) is 6.82.